The van der Waals surface area contributed by atoms with Crippen molar-refractivity contribution < 1.29 is 13.9 Å². The molecule has 3 heteroatoms. The van der Waals surface area contributed by atoms with Crippen LogP contribution in [0.25, 0.3) is 0 Å². The highest BCUT2D eigenvalue weighted by Crippen LogP contribution is 2.01. The van der Waals surface area contributed by atoms with E-state index in [4.69, 9.17) is 0 Å². The molecule has 0 aliphatic rings. The lowest BCUT2D eigenvalue weighted by atomic mass is 10.2. The van der Waals surface area contributed by atoms with Crippen LogP contribution in [-0.2, 0) is 9.53 Å². The first-order valence-corrected chi connectivity index (χ1v) is 3.00. The lowest BCUT2D eigenvalue weighted by molar-refractivity contribution is -0.129. The van der Waals surface area contributed by atoms with Crippen LogP contribution in [0.4, 0.5) is 4.39 Å². The number of rotatable bonds is 5. The second-order valence-corrected chi connectivity index (χ2v) is 1.76. The molecule has 0 heterocycles. The molecule has 1 atom stereocenters. The molecule has 0 aromatic heterocycles. The normalized spacial score (nSPS) is 12.7. The number of halogens is 1. The first-order chi connectivity index (χ1) is 4.31. The zero-order chi connectivity index (χ0) is 7.11. The molecule has 0 rings (SSSR count). The molecule has 0 spiro atoms. The Hall–Kier alpha value is -0.600. The zero-order valence-corrected chi connectivity index (χ0v) is 5.47. The van der Waals surface area contributed by atoms with Crippen LogP contribution in [0.2, 0.25) is 0 Å². The Morgan fingerprint density at radius 2 is 2.44 bits per heavy atom. The molecule has 0 saturated heterocycles. The van der Waals surface area contributed by atoms with Gasteiger partial charge in [0.1, 0.15) is 6.17 Å². The summed E-state index contributed by atoms with van der Waals surface area (Å²) in [6, 6.07) is 0. The van der Waals surface area contributed by atoms with E-state index in [-0.39, 0.29) is 6.61 Å². The Balaban J connectivity index is 2.96. The van der Waals surface area contributed by atoms with Gasteiger partial charge in [0.05, 0.1) is 6.61 Å². The molecular formula is C6H11FO2. The third-order valence-electron chi connectivity index (χ3n) is 1.06. The van der Waals surface area contributed by atoms with Gasteiger partial charge in [-0.3, -0.25) is 4.79 Å². The van der Waals surface area contributed by atoms with Crippen LogP contribution in [-0.4, -0.2) is 19.3 Å². The van der Waals surface area contributed by atoms with Crippen LogP contribution in [0, 0.1) is 0 Å². The molecular weight excluding hydrogens is 123 g/mol. The molecule has 0 aromatic rings. The minimum absolute atomic E-state index is 0.193. The molecule has 1 unspecified atom stereocenters. The largest absolute Gasteiger partial charge is 0.468 e. The summed E-state index contributed by atoms with van der Waals surface area (Å²) in [5.74, 6) is 0. The number of hydrogen-bond acceptors (Lipinski definition) is 2. The van der Waals surface area contributed by atoms with Crippen LogP contribution in [0.5, 0.6) is 0 Å². The fourth-order valence-corrected chi connectivity index (χ4v) is 0.448. The molecule has 0 aliphatic carbocycles. The van der Waals surface area contributed by atoms with E-state index in [1.165, 1.54) is 0 Å². The van der Waals surface area contributed by atoms with Gasteiger partial charge in [-0.05, 0) is 6.42 Å². The monoisotopic (exact) mass is 134 g/mol. The number of alkyl halides is 1. The summed E-state index contributed by atoms with van der Waals surface area (Å²) in [6.07, 6.45) is -0.0257. The average Bonchev–Trinajstić information content (AvgIpc) is 1.89. The minimum atomic E-state index is -0.829. The predicted molar refractivity (Wildman–Crippen MR) is 31.8 cm³/mol. The lowest BCUT2D eigenvalue weighted by Gasteiger charge is -2.01. The van der Waals surface area contributed by atoms with Crippen molar-refractivity contribution in [3.8, 4) is 0 Å². The maximum atomic E-state index is 12.3. The van der Waals surface area contributed by atoms with Crippen molar-refractivity contribution in [2.75, 3.05) is 6.61 Å². The molecule has 0 fully saturated rings. The van der Waals surface area contributed by atoms with Gasteiger partial charge in [-0.15, -0.1) is 0 Å². The molecule has 0 radical (unpaired) electrons. The standard InChI is InChI=1S/C6H11FO2/c1-2-6(7)3-4-9-5-8/h5-6H,2-4H2,1H3. The first kappa shape index (κ1) is 8.40. The SMILES string of the molecule is CCC(F)CCOC=O. The lowest BCUT2D eigenvalue weighted by Crippen LogP contribution is -2.02. The third-order valence-corrected chi connectivity index (χ3v) is 1.06. The third kappa shape index (κ3) is 5.27. The molecule has 0 aliphatic heterocycles. The molecule has 2 nitrogen and oxygen atoms in total. The quantitative estimate of drug-likeness (QED) is 0.418. The molecule has 9 heavy (non-hydrogen) atoms. The van der Waals surface area contributed by atoms with Crippen molar-refractivity contribution in [1.82, 2.24) is 0 Å². The van der Waals surface area contributed by atoms with Gasteiger partial charge >= 0.3 is 0 Å². The van der Waals surface area contributed by atoms with Crippen LogP contribution in [0.1, 0.15) is 19.8 Å². The Bertz CT molecular complexity index is 75.5. The van der Waals surface area contributed by atoms with E-state index in [0.29, 0.717) is 19.3 Å². The van der Waals surface area contributed by atoms with Crippen molar-refractivity contribution >= 4 is 6.47 Å². The van der Waals surface area contributed by atoms with Gasteiger partial charge in [0.2, 0.25) is 0 Å². The second kappa shape index (κ2) is 5.54. The van der Waals surface area contributed by atoms with E-state index in [9.17, 15) is 9.18 Å². The maximum Gasteiger partial charge on any atom is 0.293 e. The number of carbonyl (C=O) groups is 1. The summed E-state index contributed by atoms with van der Waals surface area (Å²) >= 11 is 0. The van der Waals surface area contributed by atoms with Crippen LogP contribution in [0.3, 0.4) is 0 Å². The predicted octanol–water partition coefficient (Wildman–Crippen LogP) is 1.30. The maximum absolute atomic E-state index is 12.3. The smallest absolute Gasteiger partial charge is 0.293 e. The Kier molecular flexibility index (Phi) is 5.17. The van der Waals surface area contributed by atoms with Crippen molar-refractivity contribution in [3.05, 3.63) is 0 Å². The summed E-state index contributed by atoms with van der Waals surface area (Å²) < 4.78 is 16.5. The Morgan fingerprint density at radius 1 is 1.78 bits per heavy atom. The summed E-state index contributed by atoms with van der Waals surface area (Å²) in [5.41, 5.74) is 0. The zero-order valence-electron chi connectivity index (χ0n) is 5.47. The highest BCUT2D eigenvalue weighted by atomic mass is 19.1. The Morgan fingerprint density at radius 3 is 2.89 bits per heavy atom. The van der Waals surface area contributed by atoms with Crippen molar-refractivity contribution in [2.45, 2.75) is 25.9 Å². The molecule has 0 saturated carbocycles. The molecule has 0 aromatic carbocycles. The fourth-order valence-electron chi connectivity index (χ4n) is 0.448. The molecule has 0 amide bonds. The Labute approximate surface area is 54.0 Å². The van der Waals surface area contributed by atoms with Gasteiger partial charge in [0.25, 0.3) is 6.47 Å². The number of ether oxygens (including phenoxy) is 1. The fraction of sp³-hybridized carbons (Fsp3) is 0.833. The van der Waals surface area contributed by atoms with E-state index in [1.54, 1.807) is 6.92 Å². The van der Waals surface area contributed by atoms with Gasteiger partial charge in [0.15, 0.2) is 0 Å². The molecule has 0 N–H and O–H groups in total. The number of carbonyl (C=O) groups excluding carboxylic acids is 1. The second-order valence-electron chi connectivity index (χ2n) is 1.76. The average molecular weight is 134 g/mol. The van der Waals surface area contributed by atoms with Crippen LogP contribution >= 0.6 is 0 Å². The van der Waals surface area contributed by atoms with Gasteiger partial charge in [-0.2, -0.15) is 0 Å². The summed E-state index contributed by atoms with van der Waals surface area (Å²) in [7, 11) is 0. The first-order valence-electron chi connectivity index (χ1n) is 3.00. The van der Waals surface area contributed by atoms with E-state index >= 15 is 0 Å². The topological polar surface area (TPSA) is 26.3 Å². The van der Waals surface area contributed by atoms with E-state index in [0.717, 1.165) is 0 Å². The van der Waals surface area contributed by atoms with Crippen molar-refractivity contribution in [3.63, 3.8) is 0 Å². The van der Waals surface area contributed by atoms with Crippen LogP contribution < -0.4 is 0 Å². The van der Waals surface area contributed by atoms with E-state index < -0.39 is 6.17 Å². The van der Waals surface area contributed by atoms with Crippen LogP contribution in [0.15, 0.2) is 0 Å². The van der Waals surface area contributed by atoms with Gasteiger partial charge < -0.3 is 4.74 Å². The van der Waals surface area contributed by atoms with Crippen molar-refractivity contribution in [1.29, 1.82) is 0 Å². The molecule has 54 valence electrons. The summed E-state index contributed by atoms with van der Waals surface area (Å²) in [5, 5.41) is 0. The minimum Gasteiger partial charge on any atom is -0.468 e. The highest BCUT2D eigenvalue weighted by Gasteiger charge is 2.00. The van der Waals surface area contributed by atoms with Gasteiger partial charge in [0, 0.05) is 6.42 Å². The van der Waals surface area contributed by atoms with Gasteiger partial charge in [-0.25, -0.2) is 4.39 Å². The van der Waals surface area contributed by atoms with E-state index in [1.807, 2.05) is 0 Å². The van der Waals surface area contributed by atoms with E-state index in [2.05, 4.69) is 4.74 Å². The van der Waals surface area contributed by atoms with Crippen molar-refractivity contribution in [2.24, 2.45) is 0 Å². The molecule has 0 bridgehead atoms. The summed E-state index contributed by atoms with van der Waals surface area (Å²) in [6.45, 7) is 2.28. The number of hydrogen-bond donors (Lipinski definition) is 0. The van der Waals surface area contributed by atoms with Gasteiger partial charge in [-0.1, -0.05) is 6.92 Å². The summed E-state index contributed by atoms with van der Waals surface area (Å²) in [4.78, 5) is 9.53. The highest BCUT2D eigenvalue weighted by molar-refractivity contribution is 5.36.